The molecule has 0 atom stereocenters. The van der Waals surface area contributed by atoms with Crippen molar-refractivity contribution >= 4 is 11.6 Å². The van der Waals surface area contributed by atoms with Crippen LogP contribution in [0.3, 0.4) is 0 Å². The first-order valence-electron chi connectivity index (χ1n) is 6.49. The van der Waals surface area contributed by atoms with Crippen molar-refractivity contribution in [2.45, 2.75) is 6.42 Å². The van der Waals surface area contributed by atoms with Crippen LogP contribution in [0.4, 0.5) is 10.1 Å². The van der Waals surface area contributed by atoms with Crippen LogP contribution in [0.5, 0.6) is 11.5 Å². The highest BCUT2D eigenvalue weighted by Gasteiger charge is 2.04. The number of halogens is 1. The summed E-state index contributed by atoms with van der Waals surface area (Å²) in [6.45, 7) is 0.244. The number of ether oxygens (including phenoxy) is 2. The lowest BCUT2D eigenvalue weighted by atomic mass is 10.3. The van der Waals surface area contributed by atoms with Gasteiger partial charge in [0.05, 0.1) is 20.1 Å². The van der Waals surface area contributed by atoms with Gasteiger partial charge in [0.25, 0.3) is 0 Å². The van der Waals surface area contributed by atoms with Gasteiger partial charge < -0.3 is 14.8 Å². The van der Waals surface area contributed by atoms with E-state index in [1.54, 1.807) is 43.5 Å². The lowest BCUT2D eigenvalue weighted by molar-refractivity contribution is -0.116. The van der Waals surface area contributed by atoms with Crippen LogP contribution in [0.25, 0.3) is 0 Å². The average Bonchev–Trinajstić information content (AvgIpc) is 2.48. The van der Waals surface area contributed by atoms with Crippen molar-refractivity contribution in [3.63, 3.8) is 0 Å². The molecule has 2 aromatic rings. The van der Waals surface area contributed by atoms with E-state index in [0.29, 0.717) is 11.4 Å². The lowest BCUT2D eigenvalue weighted by Crippen LogP contribution is -2.15. The van der Waals surface area contributed by atoms with Crippen LogP contribution in [-0.2, 0) is 4.79 Å². The number of amides is 1. The number of anilines is 1. The fourth-order valence-corrected chi connectivity index (χ4v) is 1.72. The van der Waals surface area contributed by atoms with Gasteiger partial charge in [0.1, 0.15) is 17.3 Å². The highest BCUT2D eigenvalue weighted by Crippen LogP contribution is 2.17. The maximum Gasteiger partial charge on any atom is 0.227 e. The topological polar surface area (TPSA) is 47.6 Å². The van der Waals surface area contributed by atoms with Gasteiger partial charge in [-0.25, -0.2) is 4.39 Å². The summed E-state index contributed by atoms with van der Waals surface area (Å²) in [6.07, 6.45) is 0.183. The second-order valence-electron chi connectivity index (χ2n) is 4.33. The Morgan fingerprint density at radius 3 is 2.52 bits per heavy atom. The maximum atomic E-state index is 13.0. The summed E-state index contributed by atoms with van der Waals surface area (Å²) in [5, 5.41) is 2.61. The highest BCUT2D eigenvalue weighted by atomic mass is 19.1. The normalized spacial score (nSPS) is 10.0. The van der Waals surface area contributed by atoms with Gasteiger partial charge in [-0.3, -0.25) is 4.79 Å². The summed E-state index contributed by atoms with van der Waals surface area (Å²) in [5.41, 5.74) is 0.435. The third-order valence-corrected chi connectivity index (χ3v) is 2.77. The summed E-state index contributed by atoms with van der Waals surface area (Å²) in [6, 6.07) is 12.9. The molecule has 21 heavy (non-hydrogen) atoms. The zero-order chi connectivity index (χ0) is 15.1. The van der Waals surface area contributed by atoms with Gasteiger partial charge in [0.15, 0.2) is 0 Å². The smallest absolute Gasteiger partial charge is 0.227 e. The summed E-state index contributed by atoms with van der Waals surface area (Å²) in [5.74, 6) is 0.789. The summed E-state index contributed by atoms with van der Waals surface area (Å²) in [4.78, 5) is 11.7. The van der Waals surface area contributed by atoms with E-state index in [9.17, 15) is 9.18 Å². The first-order chi connectivity index (χ1) is 10.2. The van der Waals surface area contributed by atoms with Crippen molar-refractivity contribution < 1.29 is 18.7 Å². The van der Waals surface area contributed by atoms with Gasteiger partial charge >= 0.3 is 0 Å². The number of rotatable bonds is 6. The summed E-state index contributed by atoms with van der Waals surface area (Å²) >= 11 is 0. The molecule has 0 heterocycles. The van der Waals surface area contributed by atoms with Crippen LogP contribution >= 0.6 is 0 Å². The predicted octanol–water partition coefficient (Wildman–Crippen LogP) is 3.24. The van der Waals surface area contributed by atoms with Crippen LogP contribution < -0.4 is 14.8 Å². The second-order valence-corrected chi connectivity index (χ2v) is 4.33. The average molecular weight is 289 g/mol. The Labute approximate surface area is 122 Å². The fourth-order valence-electron chi connectivity index (χ4n) is 1.72. The Hall–Kier alpha value is -2.56. The standard InChI is InChI=1S/C16H16FNO3/c1-20-14-5-7-15(8-6-14)21-10-9-16(19)18-13-4-2-3-12(17)11-13/h2-8,11H,9-10H2,1H3,(H,18,19). The van der Waals surface area contributed by atoms with E-state index in [0.717, 1.165) is 5.75 Å². The van der Waals surface area contributed by atoms with Gasteiger partial charge in [-0.2, -0.15) is 0 Å². The van der Waals surface area contributed by atoms with Gasteiger partial charge in [-0.15, -0.1) is 0 Å². The van der Waals surface area contributed by atoms with Crippen LogP contribution in [0.2, 0.25) is 0 Å². The molecule has 110 valence electrons. The van der Waals surface area contributed by atoms with Gasteiger partial charge in [-0.05, 0) is 42.5 Å². The van der Waals surface area contributed by atoms with Gasteiger partial charge in [-0.1, -0.05) is 6.07 Å². The minimum Gasteiger partial charge on any atom is -0.497 e. The minimum absolute atomic E-state index is 0.183. The zero-order valence-electron chi connectivity index (χ0n) is 11.6. The molecular formula is C16H16FNO3. The minimum atomic E-state index is -0.387. The summed E-state index contributed by atoms with van der Waals surface area (Å²) < 4.78 is 23.5. The molecule has 0 fully saturated rings. The number of methoxy groups -OCH3 is 1. The Kier molecular flexibility index (Phi) is 5.15. The molecule has 0 radical (unpaired) electrons. The Balaban J connectivity index is 1.76. The molecule has 0 saturated carbocycles. The van der Waals surface area contributed by atoms with Crippen molar-refractivity contribution in [2.75, 3.05) is 19.0 Å². The first-order valence-corrected chi connectivity index (χ1v) is 6.49. The van der Waals surface area contributed by atoms with Crippen LogP contribution in [0, 0.1) is 5.82 Å². The molecule has 0 aromatic heterocycles. The number of hydrogen-bond acceptors (Lipinski definition) is 3. The van der Waals surface area contributed by atoms with Crippen molar-refractivity contribution in [3.05, 3.63) is 54.3 Å². The highest BCUT2D eigenvalue weighted by molar-refractivity contribution is 5.90. The van der Waals surface area contributed by atoms with E-state index in [-0.39, 0.29) is 24.8 Å². The third-order valence-electron chi connectivity index (χ3n) is 2.77. The molecule has 1 amide bonds. The van der Waals surface area contributed by atoms with Gasteiger partial charge in [0.2, 0.25) is 5.91 Å². The molecular weight excluding hydrogens is 273 g/mol. The first kappa shape index (κ1) is 14.8. The fraction of sp³-hybridized carbons (Fsp3) is 0.188. The number of hydrogen-bond donors (Lipinski definition) is 1. The van der Waals surface area contributed by atoms with Crippen LogP contribution in [0.1, 0.15) is 6.42 Å². The number of benzene rings is 2. The molecule has 1 N–H and O–H groups in total. The van der Waals surface area contributed by atoms with Crippen molar-refractivity contribution in [2.24, 2.45) is 0 Å². The van der Waals surface area contributed by atoms with E-state index in [2.05, 4.69) is 5.32 Å². The van der Waals surface area contributed by atoms with E-state index in [1.165, 1.54) is 12.1 Å². The Bertz CT molecular complexity index is 599. The van der Waals surface area contributed by atoms with Gasteiger partial charge in [0, 0.05) is 5.69 Å². The van der Waals surface area contributed by atoms with E-state index >= 15 is 0 Å². The van der Waals surface area contributed by atoms with Crippen molar-refractivity contribution in [1.29, 1.82) is 0 Å². The molecule has 0 saturated heterocycles. The van der Waals surface area contributed by atoms with Crippen LogP contribution in [0.15, 0.2) is 48.5 Å². The molecule has 0 unspecified atom stereocenters. The van der Waals surface area contributed by atoms with Crippen LogP contribution in [-0.4, -0.2) is 19.6 Å². The number of carbonyl (C=O) groups is 1. The monoisotopic (exact) mass is 289 g/mol. The molecule has 0 aliphatic rings. The third kappa shape index (κ3) is 4.80. The maximum absolute atomic E-state index is 13.0. The zero-order valence-corrected chi connectivity index (χ0v) is 11.6. The van der Waals surface area contributed by atoms with E-state index in [4.69, 9.17) is 9.47 Å². The Morgan fingerprint density at radius 1 is 1.14 bits per heavy atom. The quantitative estimate of drug-likeness (QED) is 0.888. The number of carbonyl (C=O) groups excluding carboxylic acids is 1. The predicted molar refractivity (Wildman–Crippen MR) is 78.1 cm³/mol. The largest absolute Gasteiger partial charge is 0.497 e. The molecule has 2 rings (SSSR count). The lowest BCUT2D eigenvalue weighted by Gasteiger charge is -2.08. The molecule has 2 aromatic carbocycles. The second kappa shape index (κ2) is 7.28. The molecule has 0 spiro atoms. The molecule has 0 aliphatic heterocycles. The Morgan fingerprint density at radius 2 is 1.86 bits per heavy atom. The van der Waals surface area contributed by atoms with E-state index < -0.39 is 0 Å². The molecule has 4 nitrogen and oxygen atoms in total. The number of nitrogens with one attached hydrogen (secondary N) is 1. The van der Waals surface area contributed by atoms with E-state index in [1.807, 2.05) is 0 Å². The molecule has 0 bridgehead atoms. The van der Waals surface area contributed by atoms with Crippen molar-refractivity contribution in [1.82, 2.24) is 0 Å². The van der Waals surface area contributed by atoms with Crippen molar-refractivity contribution in [3.8, 4) is 11.5 Å². The SMILES string of the molecule is COc1ccc(OCCC(=O)Nc2cccc(F)c2)cc1. The summed E-state index contributed by atoms with van der Waals surface area (Å²) in [7, 11) is 1.59. The molecule has 5 heteroatoms. The molecule has 0 aliphatic carbocycles.